The van der Waals surface area contributed by atoms with Gasteiger partial charge in [-0.15, -0.1) is 17.9 Å². The van der Waals surface area contributed by atoms with Crippen LogP contribution in [-0.2, 0) is 12.3 Å². The van der Waals surface area contributed by atoms with Crippen molar-refractivity contribution in [3.8, 4) is 11.1 Å². The first-order valence-electron chi connectivity index (χ1n) is 9.14. The predicted octanol–water partition coefficient (Wildman–Crippen LogP) is 6.67. The van der Waals surface area contributed by atoms with Gasteiger partial charge >= 0.3 is 0 Å². The number of allylic oxidation sites excluding steroid dienone is 1. The molecule has 0 amide bonds. The highest BCUT2D eigenvalue weighted by molar-refractivity contribution is 9.10. The molecule has 4 aromatic rings. The van der Waals surface area contributed by atoms with Crippen LogP contribution < -0.4 is 5.56 Å². The van der Waals surface area contributed by atoms with Crippen molar-refractivity contribution in [2.24, 2.45) is 0 Å². The van der Waals surface area contributed by atoms with E-state index in [0.29, 0.717) is 11.9 Å². The molecule has 6 heteroatoms. The van der Waals surface area contributed by atoms with E-state index in [1.54, 1.807) is 22.4 Å². The van der Waals surface area contributed by atoms with Crippen LogP contribution in [0.1, 0.15) is 11.1 Å². The summed E-state index contributed by atoms with van der Waals surface area (Å²) < 4.78 is 2.77. The first kappa shape index (κ1) is 20.1. The molecule has 0 fully saturated rings. The average Bonchev–Trinajstić information content (AvgIpc) is 3.14. The van der Waals surface area contributed by atoms with Gasteiger partial charge in [-0.25, -0.2) is 4.98 Å². The van der Waals surface area contributed by atoms with Crippen LogP contribution in [0.5, 0.6) is 0 Å². The van der Waals surface area contributed by atoms with E-state index in [9.17, 15) is 4.79 Å². The van der Waals surface area contributed by atoms with E-state index in [0.717, 1.165) is 31.3 Å². The molecule has 0 spiro atoms. The Morgan fingerprint density at radius 1 is 1.24 bits per heavy atom. The lowest BCUT2D eigenvalue weighted by Gasteiger charge is -2.11. The molecule has 4 rings (SSSR count). The molecule has 0 aliphatic carbocycles. The van der Waals surface area contributed by atoms with E-state index in [-0.39, 0.29) is 5.56 Å². The fourth-order valence-electron chi connectivity index (χ4n) is 3.13. The van der Waals surface area contributed by atoms with Crippen LogP contribution in [0.25, 0.3) is 21.3 Å². The smallest absolute Gasteiger partial charge is 0.263 e. The molecule has 2 aromatic heterocycles. The van der Waals surface area contributed by atoms with Crippen LogP contribution in [0.4, 0.5) is 0 Å². The van der Waals surface area contributed by atoms with Gasteiger partial charge < -0.3 is 0 Å². The lowest BCUT2D eigenvalue weighted by Crippen LogP contribution is -2.22. The molecular formula is C23H19BrN2OS2. The number of thioether (sulfide) groups is 1. The third kappa shape index (κ3) is 4.25. The Morgan fingerprint density at radius 3 is 2.76 bits per heavy atom. The van der Waals surface area contributed by atoms with E-state index >= 15 is 0 Å². The lowest BCUT2D eigenvalue weighted by atomic mass is 10.1. The number of nitrogens with zero attached hydrogens (tertiary/aromatic N) is 2. The molecule has 0 atom stereocenters. The SMILES string of the molecule is C=CCn1c(SCc2cccc(Br)c2)nc2scc(-c3ccc(C)cc3)c2c1=O. The Hall–Kier alpha value is -2.15. The summed E-state index contributed by atoms with van der Waals surface area (Å²) in [6.07, 6.45) is 1.75. The zero-order valence-electron chi connectivity index (χ0n) is 15.9. The number of hydrogen-bond acceptors (Lipinski definition) is 4. The van der Waals surface area contributed by atoms with Gasteiger partial charge in [0.2, 0.25) is 0 Å². The molecular weight excluding hydrogens is 464 g/mol. The van der Waals surface area contributed by atoms with Crippen molar-refractivity contribution in [1.82, 2.24) is 9.55 Å². The van der Waals surface area contributed by atoms with Crippen molar-refractivity contribution in [3.63, 3.8) is 0 Å². The van der Waals surface area contributed by atoms with Crippen molar-refractivity contribution in [2.75, 3.05) is 0 Å². The molecule has 0 saturated heterocycles. The molecule has 29 heavy (non-hydrogen) atoms. The molecule has 0 N–H and O–H groups in total. The van der Waals surface area contributed by atoms with E-state index in [2.05, 4.69) is 65.8 Å². The summed E-state index contributed by atoms with van der Waals surface area (Å²) in [6.45, 7) is 6.32. The number of hydrogen-bond donors (Lipinski definition) is 0. The fourth-order valence-corrected chi connectivity index (χ4v) is 5.51. The Labute approximate surface area is 186 Å². The van der Waals surface area contributed by atoms with Crippen molar-refractivity contribution >= 4 is 49.2 Å². The molecule has 0 saturated carbocycles. The van der Waals surface area contributed by atoms with Crippen molar-refractivity contribution in [3.05, 3.63) is 92.5 Å². The van der Waals surface area contributed by atoms with Crippen LogP contribution in [-0.4, -0.2) is 9.55 Å². The zero-order chi connectivity index (χ0) is 20.4. The highest BCUT2D eigenvalue weighted by atomic mass is 79.9. The third-order valence-electron chi connectivity index (χ3n) is 4.59. The van der Waals surface area contributed by atoms with Gasteiger partial charge in [0.1, 0.15) is 4.83 Å². The highest BCUT2D eigenvalue weighted by Crippen LogP contribution is 2.33. The largest absolute Gasteiger partial charge is 0.283 e. The average molecular weight is 483 g/mol. The van der Waals surface area contributed by atoms with Gasteiger partial charge in [-0.2, -0.15) is 0 Å². The van der Waals surface area contributed by atoms with E-state index in [4.69, 9.17) is 4.98 Å². The highest BCUT2D eigenvalue weighted by Gasteiger charge is 2.17. The van der Waals surface area contributed by atoms with Gasteiger partial charge in [-0.3, -0.25) is 9.36 Å². The first-order valence-corrected chi connectivity index (χ1v) is 11.8. The molecule has 0 unspecified atom stereocenters. The third-order valence-corrected chi connectivity index (χ3v) is 7.00. The van der Waals surface area contributed by atoms with Gasteiger partial charge in [0.05, 0.1) is 5.39 Å². The van der Waals surface area contributed by atoms with Gasteiger partial charge in [-0.05, 0) is 30.2 Å². The maximum atomic E-state index is 13.4. The van der Waals surface area contributed by atoms with Crippen molar-refractivity contribution < 1.29 is 0 Å². The molecule has 2 heterocycles. The molecule has 0 bridgehead atoms. The van der Waals surface area contributed by atoms with Gasteiger partial charge in [-0.1, -0.05) is 75.7 Å². The molecule has 2 aromatic carbocycles. The normalized spacial score (nSPS) is 11.1. The first-order chi connectivity index (χ1) is 14.1. The van der Waals surface area contributed by atoms with Crippen molar-refractivity contribution in [1.29, 1.82) is 0 Å². The minimum absolute atomic E-state index is 0.0107. The summed E-state index contributed by atoms with van der Waals surface area (Å²) in [6, 6.07) is 16.4. The summed E-state index contributed by atoms with van der Waals surface area (Å²) in [5.74, 6) is 0.741. The second kappa shape index (κ2) is 8.69. The second-order valence-corrected chi connectivity index (χ2v) is 9.43. The maximum Gasteiger partial charge on any atom is 0.263 e. The molecule has 0 aliphatic rings. The van der Waals surface area contributed by atoms with Crippen LogP contribution in [0.2, 0.25) is 0 Å². The van der Waals surface area contributed by atoms with Crippen LogP contribution in [0.3, 0.4) is 0 Å². The molecule has 0 aliphatic heterocycles. The van der Waals surface area contributed by atoms with Crippen LogP contribution in [0, 0.1) is 6.92 Å². The van der Waals surface area contributed by atoms with Crippen molar-refractivity contribution in [2.45, 2.75) is 24.4 Å². The summed E-state index contributed by atoms with van der Waals surface area (Å²) in [7, 11) is 0. The maximum absolute atomic E-state index is 13.4. The van der Waals surface area contributed by atoms with E-state index < -0.39 is 0 Å². The summed E-state index contributed by atoms with van der Waals surface area (Å²) in [5.41, 5.74) is 4.35. The lowest BCUT2D eigenvalue weighted by molar-refractivity contribution is 0.673. The standard InChI is InChI=1S/C23H19BrN2OS2/c1-3-11-26-22(27)20-19(17-9-7-15(2)8-10-17)14-28-21(20)25-23(26)29-13-16-5-4-6-18(24)12-16/h3-10,12,14H,1,11,13H2,2H3. The van der Waals surface area contributed by atoms with E-state index in [1.165, 1.54) is 22.5 Å². The number of aromatic nitrogens is 2. The Balaban J connectivity index is 1.77. The topological polar surface area (TPSA) is 34.9 Å². The second-order valence-electron chi connectivity index (χ2n) is 6.71. The number of benzene rings is 2. The number of thiophene rings is 1. The predicted molar refractivity (Wildman–Crippen MR) is 128 cm³/mol. The Kier molecular flexibility index (Phi) is 6.04. The number of rotatable bonds is 6. The van der Waals surface area contributed by atoms with E-state index in [1.807, 2.05) is 17.5 Å². The zero-order valence-corrected chi connectivity index (χ0v) is 19.1. The molecule has 146 valence electrons. The summed E-state index contributed by atoms with van der Waals surface area (Å²) in [5, 5.41) is 3.44. The Morgan fingerprint density at radius 2 is 2.03 bits per heavy atom. The fraction of sp³-hybridized carbons (Fsp3) is 0.130. The van der Waals surface area contributed by atoms with Crippen LogP contribution >= 0.6 is 39.0 Å². The quantitative estimate of drug-likeness (QED) is 0.174. The van der Waals surface area contributed by atoms with Gasteiger partial charge in [0.15, 0.2) is 5.16 Å². The van der Waals surface area contributed by atoms with Crippen LogP contribution in [0.15, 0.2) is 81.0 Å². The minimum Gasteiger partial charge on any atom is -0.283 e. The molecule has 3 nitrogen and oxygen atoms in total. The summed E-state index contributed by atoms with van der Waals surface area (Å²) in [4.78, 5) is 19.0. The summed E-state index contributed by atoms with van der Waals surface area (Å²) >= 11 is 6.61. The monoisotopic (exact) mass is 482 g/mol. The number of aryl methyl sites for hydroxylation is 1. The number of halogens is 1. The Bertz CT molecular complexity index is 1240. The number of fused-ring (bicyclic) bond motifs is 1. The van der Waals surface area contributed by atoms with Gasteiger partial charge in [0.25, 0.3) is 5.56 Å². The molecule has 0 radical (unpaired) electrons. The minimum atomic E-state index is -0.0107. The van der Waals surface area contributed by atoms with Gasteiger partial charge in [0, 0.05) is 27.7 Å².